The molecule has 0 aliphatic carbocycles. The molecule has 0 atom stereocenters. The van der Waals surface area contributed by atoms with Crippen LogP contribution in [0.3, 0.4) is 0 Å². The lowest BCUT2D eigenvalue weighted by molar-refractivity contribution is 0.136. The first-order valence-electron chi connectivity index (χ1n) is 28.6. The molecule has 0 radical (unpaired) electrons. The van der Waals surface area contributed by atoms with Crippen molar-refractivity contribution in [1.82, 2.24) is 33.5 Å². The predicted molar refractivity (Wildman–Crippen MR) is 354 cm³/mol. The number of aromatic amines is 2. The molecule has 14 rings (SSSR count). The lowest BCUT2D eigenvalue weighted by atomic mass is 9.89. The molecular formula is C63H64Cl2N10O8S5. The Hall–Kier alpha value is -7.03. The predicted octanol–water partition coefficient (Wildman–Crippen LogP) is 13.5. The molecule has 11 aromatic rings. The number of carbonyl (C=O) groups is 1. The third-order valence-electron chi connectivity index (χ3n) is 16.5. The Labute approximate surface area is 528 Å². The van der Waals surface area contributed by atoms with Crippen LogP contribution in [0.4, 0.5) is 21.9 Å². The Bertz CT molecular complexity index is 4770. The van der Waals surface area contributed by atoms with Gasteiger partial charge in [0.1, 0.15) is 10.8 Å². The number of hydrogen-bond acceptors (Lipinski definition) is 13. The number of nitrogens with zero attached hydrogens (tertiary/aromatic N) is 6. The summed E-state index contributed by atoms with van der Waals surface area (Å²) in [7, 11) is -5.01. The lowest BCUT2D eigenvalue weighted by Crippen LogP contribution is -2.50. The summed E-state index contributed by atoms with van der Waals surface area (Å²) < 4.78 is 94.0. The normalized spacial score (nSPS) is 15.8. The fourth-order valence-electron chi connectivity index (χ4n) is 11.9. The topological polar surface area (TPSA) is 215 Å². The molecule has 458 valence electrons. The van der Waals surface area contributed by atoms with Crippen LogP contribution in [0.5, 0.6) is 0 Å². The van der Waals surface area contributed by atoms with E-state index in [1.54, 1.807) is 40.7 Å². The van der Waals surface area contributed by atoms with Crippen molar-refractivity contribution in [1.29, 1.82) is 0 Å². The molecule has 6 aromatic carbocycles. The van der Waals surface area contributed by atoms with Gasteiger partial charge in [-0.2, -0.15) is 12.7 Å². The SMILES string of the molecule is CN(C)CCc1c[nH]c2ccc(NS(=O)(=O)c3c(Cl)nc4sccn34)cc12.Cc1c(S(=O)(=O)Nc2ccc3[nH]cc(C4CCN(C)CC4)c3c2)sc2ccc(Cl)cc12.O=C1OCc2ccccc2N1C1CCN(S(=O)(=O)c2cccc3ccccc23)CC1. The molecule has 25 heteroatoms. The van der Waals surface area contributed by atoms with Crippen molar-refractivity contribution in [3.05, 3.63) is 178 Å². The first kappa shape index (κ1) is 61.2. The van der Waals surface area contributed by atoms with Crippen LogP contribution in [0, 0.1) is 6.92 Å². The number of rotatable bonds is 13. The third-order valence-corrected chi connectivity index (χ3v) is 24.5. The molecule has 18 nitrogen and oxygen atoms in total. The molecule has 4 N–H and O–H groups in total. The van der Waals surface area contributed by atoms with Gasteiger partial charge in [-0.15, -0.1) is 22.7 Å². The maximum absolute atomic E-state index is 13.4. The van der Waals surface area contributed by atoms with Gasteiger partial charge in [0.25, 0.3) is 20.0 Å². The Morgan fingerprint density at radius 2 is 1.42 bits per heavy atom. The molecule has 1 amide bonds. The highest BCUT2D eigenvalue weighted by atomic mass is 35.5. The van der Waals surface area contributed by atoms with E-state index in [1.165, 1.54) is 36.9 Å². The summed E-state index contributed by atoms with van der Waals surface area (Å²) in [6.45, 7) is 5.91. The number of nitrogens with one attached hydrogen (secondary N) is 4. The van der Waals surface area contributed by atoms with Gasteiger partial charge in [-0.1, -0.05) is 77.8 Å². The number of sulfonamides is 3. The number of imidazole rings is 1. The van der Waals surface area contributed by atoms with Crippen molar-refractivity contribution in [2.24, 2.45) is 0 Å². The second kappa shape index (κ2) is 25.1. The number of aryl methyl sites for hydroxylation is 1. The number of halogens is 2. The smallest absolute Gasteiger partial charge is 0.414 e. The summed E-state index contributed by atoms with van der Waals surface area (Å²) in [5, 5.41) is 6.88. The van der Waals surface area contributed by atoms with E-state index in [4.69, 9.17) is 27.9 Å². The molecular weight excluding hydrogens is 1260 g/mol. The Morgan fingerprint density at radius 1 is 0.739 bits per heavy atom. The minimum Gasteiger partial charge on any atom is -0.444 e. The molecule has 5 aromatic heterocycles. The van der Waals surface area contributed by atoms with Crippen LogP contribution in [-0.4, -0.2) is 125 Å². The third kappa shape index (κ3) is 12.5. The number of aromatic nitrogens is 4. The first-order valence-corrected chi connectivity index (χ1v) is 35.5. The number of benzene rings is 6. The van der Waals surface area contributed by atoms with Crippen LogP contribution < -0.4 is 14.3 Å². The minimum atomic E-state index is -3.88. The molecule has 0 bridgehead atoms. The van der Waals surface area contributed by atoms with Gasteiger partial charge in [-0.25, -0.2) is 26.6 Å². The number of para-hydroxylation sites is 1. The number of likely N-dealkylation sites (N-methyl/N-ethyl adjacent to an activating group) is 1. The molecule has 0 unspecified atom stereocenters. The van der Waals surface area contributed by atoms with E-state index in [-0.39, 0.29) is 28.9 Å². The lowest BCUT2D eigenvalue weighted by Gasteiger charge is -2.39. The van der Waals surface area contributed by atoms with Crippen LogP contribution in [-0.2, 0) is 47.8 Å². The molecule has 3 aliphatic heterocycles. The number of cyclic esters (lactones) is 1. The molecule has 2 saturated heterocycles. The number of piperidine rings is 2. The standard InChI is InChI=1S/C23H24ClN3O2S2.C23H22N2O4S.C17H18ClN5O2S2/c1-14-18-11-16(24)3-6-22(18)30-23(14)31(28,29)26-17-4-5-21-19(12-17)20(13-25-21)15-7-9-27(2)10-8-15;26-23-25(21-10-4-2-7-18(21)16-29-23)19-12-14-24(15-13-19)30(27,28)22-11-5-8-17-6-1-3-9-20(17)22;1-22(2)6-5-11-10-19-14-4-3-12(9-13(11)14)21-27(24,25)16-15(18)20-17-23(16)7-8-26-17/h3-6,11-13,15,25-26H,7-10H2,1-2H3;1-11,19H,12-16H2;3-4,7-10,19,21H,5-6H2,1-2H3. The first-order chi connectivity index (χ1) is 42.2. The summed E-state index contributed by atoms with van der Waals surface area (Å²) in [4.78, 5) is 30.2. The summed E-state index contributed by atoms with van der Waals surface area (Å²) in [5.74, 6) is 0.492. The number of fused-ring (bicyclic) bond motifs is 6. The van der Waals surface area contributed by atoms with Crippen molar-refractivity contribution < 1.29 is 34.8 Å². The zero-order chi connectivity index (χ0) is 61.6. The highest BCUT2D eigenvalue weighted by molar-refractivity contribution is 7.95. The van der Waals surface area contributed by atoms with Crippen molar-refractivity contribution >= 4 is 147 Å². The van der Waals surface area contributed by atoms with Crippen molar-refractivity contribution in [3.8, 4) is 0 Å². The number of thiophene rings is 1. The Morgan fingerprint density at radius 3 is 2.18 bits per heavy atom. The van der Waals surface area contributed by atoms with Crippen LogP contribution in [0.1, 0.15) is 53.9 Å². The quantitative estimate of drug-likeness (QED) is 0.0852. The van der Waals surface area contributed by atoms with Gasteiger partial charge in [0, 0.05) is 103 Å². The fourth-order valence-corrected chi connectivity index (χ4v) is 19.0. The largest absolute Gasteiger partial charge is 0.444 e. The van der Waals surface area contributed by atoms with E-state index < -0.39 is 30.1 Å². The average Bonchev–Trinajstić information content (AvgIpc) is 1.50. The van der Waals surface area contributed by atoms with E-state index in [9.17, 15) is 30.0 Å². The van der Waals surface area contributed by atoms with Gasteiger partial charge in [-0.05, 0) is 173 Å². The second-order valence-corrected chi connectivity index (χ2v) is 30.6. The van der Waals surface area contributed by atoms with E-state index in [0.29, 0.717) is 62.3 Å². The van der Waals surface area contributed by atoms with E-state index >= 15 is 0 Å². The van der Waals surface area contributed by atoms with Gasteiger partial charge in [-0.3, -0.25) is 18.7 Å². The fraction of sp³-hybridized carbons (Fsp3) is 0.270. The molecule has 0 saturated carbocycles. The number of hydrogen-bond donors (Lipinski definition) is 4. The van der Waals surface area contributed by atoms with Gasteiger partial charge < -0.3 is 24.5 Å². The van der Waals surface area contributed by atoms with Crippen LogP contribution in [0.2, 0.25) is 10.2 Å². The summed E-state index contributed by atoms with van der Waals surface area (Å²) in [6.07, 6.45) is 9.56. The van der Waals surface area contributed by atoms with Crippen molar-refractivity contribution in [3.63, 3.8) is 0 Å². The minimum absolute atomic E-state index is 0.0382. The molecule has 0 spiro atoms. The number of H-pyrrole nitrogens is 2. The maximum atomic E-state index is 13.4. The van der Waals surface area contributed by atoms with Crippen LogP contribution in [0.15, 0.2) is 159 Å². The van der Waals surface area contributed by atoms with Gasteiger partial charge in [0.05, 0.1) is 10.6 Å². The number of anilines is 3. The monoisotopic (exact) mass is 1320 g/mol. The number of ether oxygens (including phenoxy) is 1. The Kier molecular flexibility index (Phi) is 17.5. The molecule has 88 heavy (non-hydrogen) atoms. The number of amides is 1. The van der Waals surface area contributed by atoms with Gasteiger partial charge >= 0.3 is 6.09 Å². The van der Waals surface area contributed by atoms with Crippen molar-refractivity contribution in [2.45, 2.75) is 71.7 Å². The Balaban J connectivity index is 0.000000129. The van der Waals surface area contributed by atoms with Crippen molar-refractivity contribution in [2.75, 3.05) is 68.2 Å². The van der Waals surface area contributed by atoms with E-state index in [0.717, 1.165) is 104 Å². The van der Waals surface area contributed by atoms with E-state index in [1.807, 2.05) is 124 Å². The average molecular weight is 1320 g/mol. The number of carbonyl (C=O) groups excluding carboxylic acids is 1. The van der Waals surface area contributed by atoms with E-state index in [2.05, 4.69) is 47.4 Å². The maximum Gasteiger partial charge on any atom is 0.414 e. The zero-order valence-corrected chi connectivity index (χ0v) is 54.1. The number of likely N-dealkylation sites (tertiary alicyclic amines) is 1. The molecule has 3 aliphatic rings. The molecule has 8 heterocycles. The summed E-state index contributed by atoms with van der Waals surface area (Å²) in [5.41, 5.74) is 8.04. The zero-order valence-electron chi connectivity index (χ0n) is 48.5. The van der Waals surface area contributed by atoms with Gasteiger partial charge in [0.2, 0.25) is 10.0 Å². The summed E-state index contributed by atoms with van der Waals surface area (Å²) in [6, 6.07) is 37.1. The second-order valence-electron chi connectivity index (χ2n) is 22.5. The number of thiazole rings is 1. The molecule has 2 fully saturated rings. The summed E-state index contributed by atoms with van der Waals surface area (Å²) >= 11 is 14.8. The highest BCUT2D eigenvalue weighted by Gasteiger charge is 2.38. The van der Waals surface area contributed by atoms with Crippen LogP contribution in [0.25, 0.3) is 47.6 Å². The van der Waals surface area contributed by atoms with Gasteiger partial charge in [0.15, 0.2) is 15.1 Å². The highest BCUT2D eigenvalue weighted by Crippen LogP contribution is 2.40. The van der Waals surface area contributed by atoms with Crippen LogP contribution >= 0.6 is 45.9 Å².